The lowest BCUT2D eigenvalue weighted by Crippen LogP contribution is -2.03. The van der Waals surface area contributed by atoms with Crippen molar-refractivity contribution >= 4 is 141 Å². The van der Waals surface area contributed by atoms with Gasteiger partial charge in [0.1, 0.15) is 23.0 Å². The minimum absolute atomic E-state index is 0.524. The third-order valence-electron chi connectivity index (χ3n) is 26.3. The van der Waals surface area contributed by atoms with E-state index in [1.807, 2.05) is 188 Å². The van der Waals surface area contributed by atoms with Gasteiger partial charge in [-0.2, -0.15) is 0 Å². The van der Waals surface area contributed by atoms with Gasteiger partial charge in [0.2, 0.25) is 0 Å². The lowest BCUT2D eigenvalue weighted by Gasteiger charge is -2.11. The highest BCUT2D eigenvalue weighted by Gasteiger charge is 2.26. The number of fused-ring (bicyclic) bond motifs is 22. The van der Waals surface area contributed by atoms with Crippen LogP contribution in [-0.4, -0.2) is 73.5 Å². The third-order valence-corrected chi connectivity index (χ3v) is 26.3. The minimum Gasteiger partial charge on any atom is -0.308 e. The van der Waals surface area contributed by atoms with E-state index in [2.05, 4.69) is 293 Å². The largest absolute Gasteiger partial charge is 0.308 e. The first-order chi connectivity index (χ1) is 68.9. The zero-order chi connectivity index (χ0) is 91.8. The highest BCUT2D eigenvalue weighted by molar-refractivity contribution is 6.31. The molecule has 0 spiro atoms. The van der Waals surface area contributed by atoms with Crippen LogP contribution < -0.4 is 0 Å². The highest BCUT2D eigenvalue weighted by Crippen LogP contribution is 2.46. The van der Waals surface area contributed by atoms with Crippen molar-refractivity contribution < 1.29 is 0 Å². The van der Waals surface area contributed by atoms with Crippen LogP contribution in [0.4, 0.5) is 0 Å². The van der Waals surface area contributed by atoms with E-state index in [4.69, 9.17) is 59.8 Å². The number of benzene rings is 19. The number of aromatic nitrogens is 15. The molecular formula is C124H77N15. The first kappa shape index (κ1) is 80.7. The van der Waals surface area contributed by atoms with Gasteiger partial charge >= 0.3 is 0 Å². The van der Waals surface area contributed by atoms with Gasteiger partial charge in [0.05, 0.1) is 45.0 Å². The topological polar surface area (TPSA) is 169 Å². The molecule has 139 heavy (non-hydrogen) atoms. The summed E-state index contributed by atoms with van der Waals surface area (Å²) in [6, 6.07) is 157. The van der Waals surface area contributed by atoms with Gasteiger partial charge in [-0.15, -0.1) is 0 Å². The Labute approximate surface area is 796 Å². The summed E-state index contributed by atoms with van der Waals surface area (Å²) in [5.41, 5.74) is 15.4. The second-order valence-corrected chi connectivity index (χ2v) is 34.6. The van der Waals surface area contributed by atoms with E-state index in [0.717, 1.165) is 94.8 Å². The predicted octanol–water partition coefficient (Wildman–Crippen LogP) is 30.2. The van der Waals surface area contributed by atoms with Gasteiger partial charge < -0.3 is 4.57 Å². The van der Waals surface area contributed by atoms with Crippen molar-refractivity contribution in [2.75, 3.05) is 0 Å². The average molecular weight is 1780 g/mol. The lowest BCUT2D eigenvalue weighted by atomic mass is 10.00. The van der Waals surface area contributed by atoms with E-state index in [0.29, 0.717) is 63.8 Å². The van der Waals surface area contributed by atoms with Gasteiger partial charge in [0.15, 0.2) is 52.4 Å². The molecule has 0 bridgehead atoms. The zero-order valence-corrected chi connectivity index (χ0v) is 74.7. The van der Waals surface area contributed by atoms with E-state index in [-0.39, 0.29) is 0 Å². The Kier molecular flexibility index (Phi) is 19.8. The molecule has 28 aromatic rings. The van der Waals surface area contributed by atoms with E-state index in [1.54, 1.807) is 0 Å². The van der Waals surface area contributed by atoms with Crippen molar-refractivity contribution in [3.05, 3.63) is 467 Å². The van der Waals surface area contributed by atoms with Crippen LogP contribution in [-0.2, 0) is 0 Å². The van der Waals surface area contributed by atoms with Gasteiger partial charge in [0, 0.05) is 77.5 Å². The van der Waals surface area contributed by atoms with Crippen LogP contribution in [0.1, 0.15) is 0 Å². The Bertz CT molecular complexity index is 8980. The Morgan fingerprint density at radius 1 is 0.144 bits per heavy atom. The molecule has 9 heterocycles. The first-order valence-corrected chi connectivity index (χ1v) is 46.4. The molecule has 0 radical (unpaired) electrons. The van der Waals surface area contributed by atoms with Crippen molar-refractivity contribution in [3.8, 4) is 120 Å². The Hall–Kier alpha value is -19.1. The summed E-state index contributed by atoms with van der Waals surface area (Å²) < 4.78 is 6.86. The minimum atomic E-state index is 0.524. The summed E-state index contributed by atoms with van der Waals surface area (Å²) in [5.74, 6) is 6.93. The third kappa shape index (κ3) is 14.5. The predicted molar refractivity (Wildman–Crippen MR) is 567 cm³/mol. The molecule has 0 unspecified atom stereocenters. The Morgan fingerprint density at radius 2 is 0.388 bits per heavy atom. The normalized spacial score (nSPS) is 11.6. The van der Waals surface area contributed by atoms with Gasteiger partial charge in [-0.3, -0.25) is 14.1 Å². The summed E-state index contributed by atoms with van der Waals surface area (Å²) in [5, 5.41) is 24.3. The van der Waals surface area contributed by atoms with Crippen LogP contribution in [0.2, 0.25) is 0 Å². The molecule has 28 rings (SSSR count). The average Bonchev–Trinajstić information content (AvgIpc) is 1.57. The van der Waals surface area contributed by atoms with E-state index < -0.39 is 0 Å². The number of hydrogen-bond donors (Lipinski definition) is 0. The van der Waals surface area contributed by atoms with Crippen molar-refractivity contribution in [3.63, 3.8) is 0 Å². The molecule has 9 aromatic heterocycles. The fourth-order valence-electron chi connectivity index (χ4n) is 20.0. The summed E-state index contributed by atoms with van der Waals surface area (Å²) in [6.07, 6.45) is 3.76. The van der Waals surface area contributed by atoms with E-state index in [1.165, 1.54) is 102 Å². The maximum atomic E-state index is 5.28. The second kappa shape index (κ2) is 34.2. The maximum Gasteiger partial charge on any atom is 0.182 e. The van der Waals surface area contributed by atoms with Crippen LogP contribution in [0.25, 0.3) is 261 Å². The molecule has 0 fully saturated rings. The number of pyridine rings is 3. The molecule has 0 aliphatic rings. The molecule has 0 saturated carbocycles. The van der Waals surface area contributed by atoms with Gasteiger partial charge in [0.25, 0.3) is 0 Å². The molecule has 0 amide bonds. The number of rotatable bonds is 12. The monoisotopic (exact) mass is 1780 g/mol. The fraction of sp³-hybridized carbons (Fsp3) is 0. The molecule has 19 aromatic carbocycles. The fourth-order valence-corrected chi connectivity index (χ4v) is 20.0. The first-order valence-electron chi connectivity index (χ1n) is 46.4. The molecule has 15 heteroatoms. The molecule has 0 aliphatic heterocycles. The van der Waals surface area contributed by atoms with E-state index >= 15 is 0 Å². The molecule has 0 atom stereocenters. The summed E-state index contributed by atoms with van der Waals surface area (Å²) >= 11 is 0. The van der Waals surface area contributed by atoms with Crippen LogP contribution in [0.3, 0.4) is 0 Å². The number of nitrogens with zero attached hydrogens (tertiary/aromatic N) is 15. The molecule has 648 valence electrons. The van der Waals surface area contributed by atoms with Gasteiger partial charge in [-0.25, -0.2) is 54.8 Å². The Morgan fingerprint density at radius 3 is 0.698 bits per heavy atom. The standard InChI is InChI=1S/C44H27N5.2C40H25N5/c1-2-14-31(15-3-1)42-46-43(33-22-21-28-11-4-5-16-32(28)27-33)48-44(47-42)36-19-10-20-39(45-36)49-37-25-23-29-12-6-8-17-34(29)40(37)41-35-18-9-7-13-30(35)24-26-38(41)49;1-3-14-28(15-4-1)38-42-39(29-16-5-2-6-17-29)44-40(43-38)32-20-11-21-35(41-32)45-33-24-22-26-12-7-9-18-30(26)36(33)37-31-19-10-8-13-27(31)23-25-34(37)45;1-3-13-28(14-4-1)38-42-39(29-15-5-2-6-16-29)44-40(43-38)30-23-31(25-41-24-30)45-34-21-19-26-11-7-9-17-32(26)36(34)37-33-18-10-8-12-27(33)20-22-35(37)45/h1-27H;2*1-25H. The molecule has 0 saturated heterocycles. The molecule has 15 nitrogen and oxygen atoms in total. The van der Waals surface area contributed by atoms with E-state index in [9.17, 15) is 0 Å². The summed E-state index contributed by atoms with van der Waals surface area (Å²) in [7, 11) is 0. The number of hydrogen-bond acceptors (Lipinski definition) is 12. The Balaban J connectivity index is 0.000000108. The van der Waals surface area contributed by atoms with Crippen LogP contribution in [0.5, 0.6) is 0 Å². The maximum absolute atomic E-state index is 5.28. The van der Waals surface area contributed by atoms with Crippen molar-refractivity contribution in [1.82, 2.24) is 73.5 Å². The second-order valence-electron chi connectivity index (χ2n) is 34.6. The molecule has 0 N–H and O–H groups in total. The van der Waals surface area contributed by atoms with Gasteiger partial charge in [-0.1, -0.05) is 382 Å². The lowest BCUT2D eigenvalue weighted by molar-refractivity contribution is 1.03. The van der Waals surface area contributed by atoms with Crippen LogP contribution >= 0.6 is 0 Å². The molecule has 0 aliphatic carbocycles. The SMILES string of the molecule is c1ccc(-c2nc(-c3ccc4ccccc4c3)nc(-c3cccc(-n4c5ccc6ccccc6c5c5c6ccccc6ccc54)n3)n2)cc1.c1ccc(-c2nc(-c3ccccc3)nc(-c3cccc(-n4c5ccc6ccccc6c5c5c6ccccc6ccc54)n3)n2)cc1.c1ccc(-c2nc(-c3ccccc3)nc(-c3cncc(-n4c5ccc6ccccc6c5c5c6ccccc6ccc54)c3)n2)cc1. The summed E-state index contributed by atoms with van der Waals surface area (Å²) in [6.45, 7) is 0. The zero-order valence-electron chi connectivity index (χ0n) is 74.7. The quantitative estimate of drug-likeness (QED) is 0.114. The molecular weight excluding hydrogens is 1700 g/mol. The van der Waals surface area contributed by atoms with Gasteiger partial charge in [-0.05, 0) is 148 Å². The van der Waals surface area contributed by atoms with Crippen LogP contribution in [0.15, 0.2) is 467 Å². The highest BCUT2D eigenvalue weighted by atomic mass is 15.1. The smallest absolute Gasteiger partial charge is 0.182 e. The van der Waals surface area contributed by atoms with Crippen molar-refractivity contribution in [1.29, 1.82) is 0 Å². The van der Waals surface area contributed by atoms with Crippen molar-refractivity contribution in [2.24, 2.45) is 0 Å². The van der Waals surface area contributed by atoms with Crippen molar-refractivity contribution in [2.45, 2.75) is 0 Å². The summed E-state index contributed by atoms with van der Waals surface area (Å²) in [4.78, 5) is 59.7. The van der Waals surface area contributed by atoms with Crippen LogP contribution in [0, 0.1) is 0 Å².